The maximum Gasteiger partial charge on any atom is 0.256 e. The van der Waals surface area contributed by atoms with Crippen LogP contribution in [0.2, 0.25) is 0 Å². The van der Waals surface area contributed by atoms with Crippen LogP contribution in [-0.4, -0.2) is 54.8 Å². The summed E-state index contributed by atoms with van der Waals surface area (Å²) >= 11 is 0. The first kappa shape index (κ1) is 24.6. The van der Waals surface area contributed by atoms with E-state index in [0.29, 0.717) is 18.0 Å². The number of hydrogen-bond acceptors (Lipinski definition) is 7. The maximum absolute atomic E-state index is 13.7. The Labute approximate surface area is 213 Å². The molecule has 0 radical (unpaired) electrons. The minimum atomic E-state index is -0.872. The topological polar surface area (TPSA) is 84.5 Å². The maximum atomic E-state index is 13.7. The number of nitrogens with one attached hydrogen (secondary N) is 1. The Bertz CT molecular complexity index is 926. The van der Waals surface area contributed by atoms with Crippen molar-refractivity contribution >= 4 is 11.6 Å². The molecule has 8 heteroatoms. The molecular formula is C28H39NO7. The largest absolute Gasteiger partial charge is 0.491 e. The van der Waals surface area contributed by atoms with E-state index in [4.69, 9.17) is 28.4 Å². The van der Waals surface area contributed by atoms with Gasteiger partial charge in [0.1, 0.15) is 24.1 Å². The van der Waals surface area contributed by atoms with Gasteiger partial charge in [-0.1, -0.05) is 38.3 Å². The average molecular weight is 502 g/mol. The van der Waals surface area contributed by atoms with Gasteiger partial charge >= 0.3 is 0 Å². The molecule has 0 bridgehead atoms. The second kappa shape index (κ2) is 10.2. The van der Waals surface area contributed by atoms with E-state index in [1.165, 1.54) is 12.8 Å². The molecule has 6 rings (SSSR count). The highest BCUT2D eigenvalue weighted by Gasteiger charge is 2.65. The Morgan fingerprint density at radius 1 is 0.889 bits per heavy atom. The lowest BCUT2D eigenvalue weighted by atomic mass is 9.94. The minimum absolute atomic E-state index is 0.278. The van der Waals surface area contributed by atoms with E-state index in [9.17, 15) is 4.79 Å². The zero-order valence-corrected chi connectivity index (χ0v) is 21.2. The van der Waals surface area contributed by atoms with Crippen LogP contribution in [0.25, 0.3) is 0 Å². The first-order valence-electron chi connectivity index (χ1n) is 14.0. The first-order valence-corrected chi connectivity index (χ1v) is 14.0. The molecule has 5 atom stereocenters. The second-order valence-electron chi connectivity index (χ2n) is 10.9. The predicted octanol–water partition coefficient (Wildman–Crippen LogP) is 5.05. The van der Waals surface area contributed by atoms with Crippen molar-refractivity contribution in [3.63, 3.8) is 0 Å². The highest BCUT2D eigenvalue weighted by Crippen LogP contribution is 2.51. The van der Waals surface area contributed by atoms with Gasteiger partial charge in [0, 0.05) is 25.7 Å². The van der Waals surface area contributed by atoms with Crippen LogP contribution in [0.5, 0.6) is 5.75 Å². The fourth-order valence-corrected chi connectivity index (χ4v) is 6.39. The number of fused-ring (bicyclic) bond motifs is 3. The van der Waals surface area contributed by atoms with Crippen molar-refractivity contribution in [3.05, 3.63) is 24.3 Å². The molecule has 1 N–H and O–H groups in total. The summed E-state index contributed by atoms with van der Waals surface area (Å²) in [4.78, 5) is 13.7. The van der Waals surface area contributed by atoms with Crippen molar-refractivity contribution < 1.29 is 33.2 Å². The van der Waals surface area contributed by atoms with Gasteiger partial charge in [0.05, 0.1) is 12.3 Å². The summed E-state index contributed by atoms with van der Waals surface area (Å²) < 4.78 is 38.5. The quantitative estimate of drug-likeness (QED) is 0.546. The van der Waals surface area contributed by atoms with Crippen LogP contribution in [0.1, 0.15) is 84.0 Å². The molecular weight excluding hydrogens is 462 g/mol. The smallest absolute Gasteiger partial charge is 0.256 e. The van der Waals surface area contributed by atoms with E-state index in [1.54, 1.807) is 0 Å². The first-order chi connectivity index (χ1) is 17.6. The molecule has 8 nitrogen and oxygen atoms in total. The molecule has 198 valence electrons. The zero-order chi connectivity index (χ0) is 24.6. The van der Waals surface area contributed by atoms with Gasteiger partial charge in [-0.25, -0.2) is 0 Å². The van der Waals surface area contributed by atoms with E-state index < -0.39 is 42.3 Å². The number of hydrogen-bond donors (Lipinski definition) is 1. The molecule has 1 aromatic rings. The number of carbonyl (C=O) groups excluding carboxylic acids is 1. The van der Waals surface area contributed by atoms with E-state index in [0.717, 1.165) is 64.2 Å². The van der Waals surface area contributed by atoms with Crippen LogP contribution in [0, 0.1) is 0 Å². The van der Waals surface area contributed by atoms with Crippen LogP contribution >= 0.6 is 0 Å². The number of carbonyl (C=O) groups is 1. The Balaban J connectivity index is 1.24. The van der Waals surface area contributed by atoms with Gasteiger partial charge in [0.2, 0.25) is 0 Å². The summed E-state index contributed by atoms with van der Waals surface area (Å²) in [5.41, 5.74) is 0.625. The number of anilines is 1. The Morgan fingerprint density at radius 3 is 2.25 bits per heavy atom. The standard InChI is InChI=1S/C28H39NO7/c1-2-3-18-31-20-13-7-6-12-19(20)29-25(30)23-21-22(34-27(33-21)14-8-4-9-15-27)24-26(32-23)36-28(35-24)16-10-5-11-17-28/h6-7,12-13,21-24,26H,2-5,8-11,14-18H2,1H3,(H,29,30)/t21-,22-,23+,24+,26+/m0/s1. The van der Waals surface area contributed by atoms with Crippen LogP contribution < -0.4 is 10.1 Å². The number of rotatable bonds is 6. The summed E-state index contributed by atoms with van der Waals surface area (Å²) in [6.07, 6.45) is 9.02. The van der Waals surface area contributed by atoms with Crippen molar-refractivity contribution in [2.24, 2.45) is 0 Å². The highest BCUT2D eigenvalue weighted by atomic mass is 16.9. The Hall–Kier alpha value is -1.71. The fourth-order valence-electron chi connectivity index (χ4n) is 6.39. The average Bonchev–Trinajstić information content (AvgIpc) is 3.43. The summed E-state index contributed by atoms with van der Waals surface area (Å²) in [6.45, 7) is 2.72. The van der Waals surface area contributed by atoms with E-state index in [2.05, 4.69) is 12.2 Å². The Kier molecular flexibility index (Phi) is 6.99. The van der Waals surface area contributed by atoms with Crippen LogP contribution in [0.3, 0.4) is 0 Å². The Morgan fingerprint density at radius 2 is 1.53 bits per heavy atom. The number of para-hydroxylation sites is 2. The molecule has 2 spiro atoms. The molecule has 3 aliphatic heterocycles. The molecule has 0 aromatic heterocycles. The van der Waals surface area contributed by atoms with Gasteiger partial charge in [-0.2, -0.15) is 0 Å². The molecule has 36 heavy (non-hydrogen) atoms. The molecule has 2 aliphatic carbocycles. The molecule has 3 heterocycles. The lowest BCUT2D eigenvalue weighted by Gasteiger charge is -2.36. The third-order valence-electron chi connectivity index (χ3n) is 8.27. The van der Waals surface area contributed by atoms with Crippen molar-refractivity contribution in [3.8, 4) is 5.75 Å². The number of benzene rings is 1. The monoisotopic (exact) mass is 501 g/mol. The van der Waals surface area contributed by atoms with Crippen molar-refractivity contribution in [2.75, 3.05) is 11.9 Å². The van der Waals surface area contributed by atoms with Crippen LogP contribution in [0.15, 0.2) is 24.3 Å². The van der Waals surface area contributed by atoms with Gasteiger partial charge in [0.15, 0.2) is 24.0 Å². The number of amides is 1. The third kappa shape index (κ3) is 4.67. The molecule has 3 saturated heterocycles. The van der Waals surface area contributed by atoms with Gasteiger partial charge < -0.3 is 33.7 Å². The number of ether oxygens (including phenoxy) is 6. The highest BCUT2D eigenvalue weighted by molar-refractivity contribution is 5.96. The van der Waals surface area contributed by atoms with Crippen LogP contribution in [0.4, 0.5) is 5.69 Å². The molecule has 1 aromatic carbocycles. The van der Waals surface area contributed by atoms with Crippen molar-refractivity contribution in [1.29, 1.82) is 0 Å². The summed E-state index contributed by atoms with van der Waals surface area (Å²) in [5, 5.41) is 3.04. The van der Waals surface area contributed by atoms with Crippen molar-refractivity contribution in [2.45, 2.75) is 126 Å². The second-order valence-corrected chi connectivity index (χ2v) is 10.9. The molecule has 5 fully saturated rings. The van der Waals surface area contributed by atoms with E-state index in [-0.39, 0.29) is 5.91 Å². The van der Waals surface area contributed by atoms with E-state index >= 15 is 0 Å². The SMILES string of the molecule is CCCCOc1ccccc1NC(=O)[C@@H]1O[C@@H]2OC3(CCCCC3)O[C@@H]2[C@H]2OC3(CCCCC3)O[C@@H]21. The van der Waals surface area contributed by atoms with E-state index in [1.807, 2.05) is 24.3 Å². The zero-order valence-electron chi connectivity index (χ0n) is 21.2. The molecule has 5 aliphatic rings. The minimum Gasteiger partial charge on any atom is -0.491 e. The van der Waals surface area contributed by atoms with Gasteiger partial charge in [-0.3, -0.25) is 4.79 Å². The van der Waals surface area contributed by atoms with Gasteiger partial charge in [-0.05, 0) is 44.2 Å². The molecule has 1 amide bonds. The summed E-state index contributed by atoms with van der Waals surface area (Å²) in [6, 6.07) is 7.51. The summed E-state index contributed by atoms with van der Waals surface area (Å²) in [7, 11) is 0. The lowest BCUT2D eigenvalue weighted by Crippen LogP contribution is -2.58. The van der Waals surface area contributed by atoms with Crippen LogP contribution in [-0.2, 0) is 28.5 Å². The molecule has 0 unspecified atom stereocenters. The normalized spacial score (nSPS) is 34.3. The number of unbranched alkanes of at least 4 members (excludes halogenated alkanes) is 1. The van der Waals surface area contributed by atoms with Gasteiger partial charge in [0.25, 0.3) is 5.91 Å². The fraction of sp³-hybridized carbons (Fsp3) is 0.750. The van der Waals surface area contributed by atoms with Gasteiger partial charge in [-0.15, -0.1) is 0 Å². The molecule has 2 saturated carbocycles. The van der Waals surface area contributed by atoms with Crippen molar-refractivity contribution in [1.82, 2.24) is 0 Å². The third-order valence-corrected chi connectivity index (χ3v) is 8.27. The predicted molar refractivity (Wildman–Crippen MR) is 131 cm³/mol. The lowest BCUT2D eigenvalue weighted by molar-refractivity contribution is -0.246. The summed E-state index contributed by atoms with van der Waals surface area (Å²) in [5.74, 6) is -0.940.